The SMILES string of the molecule is CP(=O)([O-])C1CCCCC1.CP(=O)([O-])C1CCCCC1.[Ca+2]. The first-order valence-corrected chi connectivity index (χ1v) is 12.1. The van der Waals surface area contributed by atoms with Gasteiger partial charge >= 0.3 is 37.7 Å². The molecule has 2 aliphatic carbocycles. The maximum atomic E-state index is 11.0. The standard InChI is InChI=1S/2C7H15O2P.Ca/c2*1-10(8,9)7-5-3-2-4-6-7;/h2*7H,2-6H2,1H3,(H,8,9);/q;;+2/p-2. The first-order valence-electron chi connectivity index (χ1n) is 7.77. The molecule has 4 nitrogen and oxygen atoms in total. The summed E-state index contributed by atoms with van der Waals surface area (Å²) in [5.41, 5.74) is 0.00231. The maximum absolute atomic E-state index is 11.0. The van der Waals surface area contributed by atoms with Crippen LogP contribution in [0.25, 0.3) is 0 Å². The number of hydrogen-bond donors (Lipinski definition) is 0. The van der Waals surface area contributed by atoms with E-state index in [1.165, 1.54) is 26.2 Å². The minimum Gasteiger partial charge on any atom is -0.799 e. The van der Waals surface area contributed by atoms with Crippen LogP contribution in [-0.2, 0) is 9.13 Å². The molecule has 0 amide bonds. The van der Waals surface area contributed by atoms with Crippen molar-refractivity contribution in [3.05, 3.63) is 0 Å². The topological polar surface area (TPSA) is 80.3 Å². The monoisotopic (exact) mass is 362 g/mol. The average Bonchev–Trinajstić information content (AvgIpc) is 2.40. The van der Waals surface area contributed by atoms with Gasteiger partial charge in [-0.2, -0.15) is 0 Å². The van der Waals surface area contributed by atoms with Gasteiger partial charge in [0.1, 0.15) is 0 Å². The molecule has 2 rings (SSSR count). The van der Waals surface area contributed by atoms with Crippen molar-refractivity contribution in [2.75, 3.05) is 13.3 Å². The second kappa shape index (κ2) is 10.5. The van der Waals surface area contributed by atoms with Gasteiger partial charge in [0.15, 0.2) is 0 Å². The van der Waals surface area contributed by atoms with Crippen LogP contribution in [0.15, 0.2) is 0 Å². The van der Waals surface area contributed by atoms with Crippen LogP contribution in [0.5, 0.6) is 0 Å². The van der Waals surface area contributed by atoms with Crippen LogP contribution < -0.4 is 9.79 Å². The molecule has 0 saturated heterocycles. The zero-order chi connectivity index (χ0) is 15.2. The Hall–Kier alpha value is 1.64. The van der Waals surface area contributed by atoms with Crippen LogP contribution in [0.3, 0.4) is 0 Å². The summed E-state index contributed by atoms with van der Waals surface area (Å²) in [6, 6.07) is 0. The maximum Gasteiger partial charge on any atom is 2.00 e. The van der Waals surface area contributed by atoms with E-state index in [0.717, 1.165) is 51.4 Å². The molecule has 0 bridgehead atoms. The predicted molar refractivity (Wildman–Crippen MR) is 86.6 cm³/mol. The van der Waals surface area contributed by atoms with Crippen LogP contribution in [0, 0.1) is 0 Å². The van der Waals surface area contributed by atoms with E-state index < -0.39 is 14.7 Å². The summed E-state index contributed by atoms with van der Waals surface area (Å²) in [7, 11) is -5.98. The van der Waals surface area contributed by atoms with E-state index in [2.05, 4.69) is 0 Å². The molecule has 21 heavy (non-hydrogen) atoms. The summed E-state index contributed by atoms with van der Waals surface area (Å²) in [4.78, 5) is 22.0. The summed E-state index contributed by atoms with van der Waals surface area (Å²) in [6.07, 6.45) is 10.4. The van der Waals surface area contributed by atoms with Gasteiger partial charge in [-0.1, -0.05) is 38.5 Å². The van der Waals surface area contributed by atoms with Crippen LogP contribution in [0.1, 0.15) is 64.2 Å². The molecule has 0 aromatic carbocycles. The molecular formula is C14H28CaO4P2. The Bertz CT molecular complexity index is 329. The van der Waals surface area contributed by atoms with Gasteiger partial charge < -0.3 is 18.9 Å². The normalized spacial score (nSPS) is 26.5. The molecule has 2 unspecified atom stereocenters. The molecule has 2 saturated carbocycles. The molecule has 2 atom stereocenters. The summed E-state index contributed by atoms with van der Waals surface area (Å²) in [5.74, 6) is 0. The van der Waals surface area contributed by atoms with E-state index in [4.69, 9.17) is 0 Å². The van der Waals surface area contributed by atoms with Crippen molar-refractivity contribution in [1.29, 1.82) is 0 Å². The molecule has 0 spiro atoms. The molecule has 0 heterocycles. The largest absolute Gasteiger partial charge is 2.00 e. The van der Waals surface area contributed by atoms with E-state index in [0.29, 0.717) is 0 Å². The zero-order valence-corrected chi connectivity index (χ0v) is 17.5. The summed E-state index contributed by atoms with van der Waals surface area (Å²) in [5, 5.41) is 0. The summed E-state index contributed by atoms with van der Waals surface area (Å²) in [6.45, 7) is 2.76. The van der Waals surface area contributed by atoms with Gasteiger partial charge in [-0.05, 0) is 50.3 Å². The van der Waals surface area contributed by atoms with Crippen molar-refractivity contribution in [2.45, 2.75) is 75.5 Å². The summed E-state index contributed by atoms with van der Waals surface area (Å²) < 4.78 is 22.0. The van der Waals surface area contributed by atoms with Crippen LogP contribution in [0.2, 0.25) is 0 Å². The number of hydrogen-bond acceptors (Lipinski definition) is 4. The van der Waals surface area contributed by atoms with Crippen molar-refractivity contribution in [1.82, 2.24) is 0 Å². The average molecular weight is 362 g/mol. The molecule has 2 aliphatic rings. The Morgan fingerprint density at radius 1 is 0.667 bits per heavy atom. The fraction of sp³-hybridized carbons (Fsp3) is 1.00. The van der Waals surface area contributed by atoms with Gasteiger partial charge in [0, 0.05) is 14.7 Å². The Balaban J connectivity index is 0.000000364. The smallest absolute Gasteiger partial charge is 0.799 e. The van der Waals surface area contributed by atoms with E-state index in [1.807, 2.05) is 0 Å². The van der Waals surface area contributed by atoms with Crippen molar-refractivity contribution in [3.63, 3.8) is 0 Å². The Kier molecular flexibility index (Phi) is 11.3. The summed E-state index contributed by atoms with van der Waals surface area (Å²) >= 11 is 0. The second-order valence-electron chi connectivity index (χ2n) is 6.40. The zero-order valence-electron chi connectivity index (χ0n) is 13.5. The van der Waals surface area contributed by atoms with Crippen molar-refractivity contribution >= 4 is 52.5 Å². The van der Waals surface area contributed by atoms with Crippen LogP contribution >= 0.6 is 14.7 Å². The third-order valence-electron chi connectivity index (χ3n) is 4.48. The Morgan fingerprint density at radius 2 is 0.905 bits per heavy atom. The molecule has 2 fully saturated rings. The molecule has 0 aliphatic heterocycles. The predicted octanol–water partition coefficient (Wildman–Crippen LogP) is 2.79. The molecule has 0 radical (unpaired) electrons. The van der Waals surface area contributed by atoms with Crippen LogP contribution in [-0.4, -0.2) is 62.4 Å². The first-order chi connectivity index (χ1) is 9.21. The van der Waals surface area contributed by atoms with E-state index in [9.17, 15) is 18.9 Å². The van der Waals surface area contributed by atoms with Crippen molar-refractivity contribution in [2.24, 2.45) is 0 Å². The van der Waals surface area contributed by atoms with E-state index >= 15 is 0 Å². The number of rotatable bonds is 2. The van der Waals surface area contributed by atoms with Gasteiger partial charge in [0.2, 0.25) is 0 Å². The third kappa shape index (κ3) is 9.50. The van der Waals surface area contributed by atoms with Gasteiger partial charge in [0.25, 0.3) is 0 Å². The van der Waals surface area contributed by atoms with E-state index in [-0.39, 0.29) is 49.1 Å². The Labute approximate surface area is 159 Å². The minimum absolute atomic E-state index is 0. The van der Waals surface area contributed by atoms with Gasteiger partial charge in [-0.15, -0.1) is 0 Å². The van der Waals surface area contributed by atoms with Crippen molar-refractivity contribution < 1.29 is 18.9 Å². The second-order valence-corrected chi connectivity index (χ2v) is 11.5. The quantitative estimate of drug-likeness (QED) is 0.559. The minimum atomic E-state index is -2.99. The fourth-order valence-electron chi connectivity index (χ4n) is 3.10. The third-order valence-corrected chi connectivity index (χ3v) is 8.16. The molecule has 7 heteroatoms. The van der Waals surface area contributed by atoms with Gasteiger partial charge in [-0.25, -0.2) is 0 Å². The molecule has 0 N–H and O–H groups in total. The van der Waals surface area contributed by atoms with Gasteiger partial charge in [0.05, 0.1) is 0 Å². The van der Waals surface area contributed by atoms with E-state index in [1.54, 1.807) is 0 Å². The molecular weight excluding hydrogens is 334 g/mol. The molecule has 0 aromatic rings. The molecule has 0 aromatic heterocycles. The van der Waals surface area contributed by atoms with Crippen LogP contribution in [0.4, 0.5) is 0 Å². The Morgan fingerprint density at radius 3 is 1.05 bits per heavy atom. The van der Waals surface area contributed by atoms with Gasteiger partial charge in [-0.3, -0.25) is 0 Å². The fourth-order valence-corrected chi connectivity index (χ4v) is 5.71. The first kappa shape index (κ1) is 22.6. The van der Waals surface area contributed by atoms with Crippen molar-refractivity contribution in [3.8, 4) is 0 Å². The molecule has 120 valence electrons.